The summed E-state index contributed by atoms with van der Waals surface area (Å²) in [7, 11) is 0. The van der Waals surface area contributed by atoms with E-state index in [9.17, 15) is 0 Å². The predicted octanol–water partition coefficient (Wildman–Crippen LogP) is 3.17. The van der Waals surface area contributed by atoms with E-state index >= 15 is 0 Å². The van der Waals surface area contributed by atoms with Crippen LogP contribution in [0.4, 0.5) is 28.8 Å². The normalized spacial score (nSPS) is 10.7. The van der Waals surface area contributed by atoms with Crippen LogP contribution < -0.4 is 16.4 Å². The Bertz CT molecular complexity index is 1030. The molecule has 0 aliphatic rings. The Labute approximate surface area is 159 Å². The number of nitrogens with zero attached hydrogens (tertiary/aromatic N) is 5. The van der Waals surface area contributed by atoms with Gasteiger partial charge in [0.1, 0.15) is 5.02 Å². The lowest BCUT2D eigenvalue weighted by molar-refractivity contribution is 0.687. The molecule has 0 saturated carbocycles. The van der Waals surface area contributed by atoms with Crippen LogP contribution in [-0.4, -0.2) is 29.9 Å². The maximum Gasteiger partial charge on any atom is 0.229 e. The lowest BCUT2D eigenvalue weighted by Crippen LogP contribution is -2.01. The molecule has 0 atom stereocenters. The smallest absolute Gasteiger partial charge is 0.229 e. The second-order valence-corrected chi connectivity index (χ2v) is 6.20. The van der Waals surface area contributed by atoms with Crippen molar-refractivity contribution in [3.05, 3.63) is 65.8 Å². The number of nitrogens with one attached hydrogen (secondary N) is 3. The Balaban J connectivity index is 1.46. The van der Waals surface area contributed by atoms with Gasteiger partial charge in [-0.1, -0.05) is 23.7 Å². The summed E-state index contributed by atoms with van der Waals surface area (Å²) in [5, 5.41) is 17.5. The topological polar surface area (TPSA) is 122 Å². The molecule has 9 nitrogen and oxygen atoms in total. The molecule has 4 aromatic rings. The number of nitrogens with two attached hydrogens (primary N) is 1. The van der Waals surface area contributed by atoms with Crippen molar-refractivity contribution in [3.8, 4) is 0 Å². The average Bonchev–Trinajstić information content (AvgIpc) is 3.32. The van der Waals surface area contributed by atoms with Gasteiger partial charge < -0.3 is 16.4 Å². The zero-order chi connectivity index (χ0) is 18.6. The number of nitrogen functional groups attached to an aromatic ring is 1. The predicted molar refractivity (Wildman–Crippen MR) is 104 cm³/mol. The first-order chi connectivity index (χ1) is 13.2. The van der Waals surface area contributed by atoms with Gasteiger partial charge in [-0.05, 0) is 17.7 Å². The minimum absolute atomic E-state index is 0.400. The van der Waals surface area contributed by atoms with Crippen LogP contribution in [0, 0.1) is 0 Å². The van der Waals surface area contributed by atoms with E-state index in [-0.39, 0.29) is 0 Å². The van der Waals surface area contributed by atoms with E-state index < -0.39 is 0 Å². The molecule has 0 spiro atoms. The van der Waals surface area contributed by atoms with Gasteiger partial charge in [-0.3, -0.25) is 9.78 Å². The highest BCUT2D eigenvalue weighted by atomic mass is 35.5. The van der Waals surface area contributed by atoms with E-state index in [1.165, 1.54) is 6.20 Å². The molecule has 0 unspecified atom stereocenters. The maximum atomic E-state index is 6.15. The van der Waals surface area contributed by atoms with Gasteiger partial charge in [0, 0.05) is 18.1 Å². The summed E-state index contributed by atoms with van der Waals surface area (Å²) in [6, 6.07) is 7.68. The minimum Gasteiger partial charge on any atom is -0.399 e. The Kier molecular flexibility index (Phi) is 4.58. The van der Waals surface area contributed by atoms with E-state index in [1.807, 2.05) is 35.1 Å². The molecule has 5 N–H and O–H groups in total. The number of rotatable bonds is 6. The highest BCUT2D eigenvalue weighted by molar-refractivity contribution is 6.32. The fourth-order valence-corrected chi connectivity index (χ4v) is 2.56. The van der Waals surface area contributed by atoms with E-state index in [4.69, 9.17) is 17.3 Å². The average molecular weight is 382 g/mol. The molecule has 27 heavy (non-hydrogen) atoms. The summed E-state index contributed by atoms with van der Waals surface area (Å²) >= 11 is 6.15. The van der Waals surface area contributed by atoms with Gasteiger partial charge in [0.15, 0.2) is 5.82 Å². The SMILES string of the molecule is Nc1ccc(Cn2cc(Nc3ncc(Cl)c(Nc4cn[nH]c4)n3)cn2)cc1. The number of H-pyrrole nitrogens is 1. The van der Waals surface area contributed by atoms with Gasteiger partial charge >= 0.3 is 0 Å². The molecule has 0 amide bonds. The number of hydrogen-bond donors (Lipinski definition) is 4. The van der Waals surface area contributed by atoms with Crippen LogP contribution in [0.3, 0.4) is 0 Å². The van der Waals surface area contributed by atoms with Crippen LogP contribution in [-0.2, 0) is 6.54 Å². The van der Waals surface area contributed by atoms with E-state index in [2.05, 4.69) is 35.9 Å². The van der Waals surface area contributed by atoms with Crippen LogP contribution in [0.5, 0.6) is 0 Å². The second-order valence-electron chi connectivity index (χ2n) is 5.80. The first-order valence-electron chi connectivity index (χ1n) is 8.08. The number of aromatic amines is 1. The molecule has 0 aliphatic heterocycles. The monoisotopic (exact) mass is 381 g/mol. The van der Waals surface area contributed by atoms with Crippen molar-refractivity contribution < 1.29 is 0 Å². The molecule has 0 radical (unpaired) electrons. The van der Waals surface area contributed by atoms with Crippen LogP contribution in [0.1, 0.15) is 5.56 Å². The van der Waals surface area contributed by atoms with Crippen molar-refractivity contribution in [2.75, 3.05) is 16.4 Å². The van der Waals surface area contributed by atoms with Gasteiger partial charge in [-0.25, -0.2) is 4.98 Å². The first-order valence-corrected chi connectivity index (χ1v) is 8.46. The molecule has 0 fully saturated rings. The number of anilines is 5. The molecule has 1 aromatic carbocycles. The lowest BCUT2D eigenvalue weighted by Gasteiger charge is -2.07. The molecule has 0 bridgehead atoms. The third kappa shape index (κ3) is 4.15. The number of benzene rings is 1. The van der Waals surface area contributed by atoms with Crippen molar-refractivity contribution >= 4 is 40.4 Å². The maximum absolute atomic E-state index is 6.15. The molecule has 3 aromatic heterocycles. The fraction of sp³-hybridized carbons (Fsp3) is 0.0588. The minimum atomic E-state index is 0.400. The second kappa shape index (κ2) is 7.34. The molecule has 3 heterocycles. The highest BCUT2D eigenvalue weighted by Crippen LogP contribution is 2.24. The third-order valence-electron chi connectivity index (χ3n) is 3.72. The molecular weight excluding hydrogens is 366 g/mol. The Hall–Kier alpha value is -3.59. The summed E-state index contributed by atoms with van der Waals surface area (Å²) in [6.45, 7) is 0.636. The Morgan fingerprint density at radius 1 is 1.07 bits per heavy atom. The van der Waals surface area contributed by atoms with Crippen molar-refractivity contribution in [2.45, 2.75) is 6.54 Å². The fourth-order valence-electron chi connectivity index (χ4n) is 2.42. The van der Waals surface area contributed by atoms with Gasteiger partial charge in [-0.15, -0.1) is 0 Å². The van der Waals surface area contributed by atoms with Crippen molar-refractivity contribution in [2.24, 2.45) is 0 Å². The summed E-state index contributed by atoms with van der Waals surface area (Å²) < 4.78 is 1.81. The number of hydrogen-bond acceptors (Lipinski definition) is 7. The number of aromatic nitrogens is 6. The van der Waals surface area contributed by atoms with E-state index in [0.717, 1.165) is 22.6 Å². The van der Waals surface area contributed by atoms with Crippen molar-refractivity contribution in [3.63, 3.8) is 0 Å². The van der Waals surface area contributed by atoms with Crippen LogP contribution >= 0.6 is 11.6 Å². The highest BCUT2D eigenvalue weighted by Gasteiger charge is 2.08. The number of halogens is 1. The summed E-state index contributed by atoms with van der Waals surface area (Å²) in [5.41, 5.74) is 9.07. The quantitative estimate of drug-likeness (QED) is 0.378. The van der Waals surface area contributed by atoms with Gasteiger partial charge in [0.05, 0.1) is 36.5 Å². The van der Waals surface area contributed by atoms with Crippen molar-refractivity contribution in [1.82, 2.24) is 29.9 Å². The summed E-state index contributed by atoms with van der Waals surface area (Å²) in [6.07, 6.45) is 8.44. The van der Waals surface area contributed by atoms with Crippen molar-refractivity contribution in [1.29, 1.82) is 0 Å². The standard InChI is InChI=1S/C17H16ClN9/c18-15-8-20-17(26-16(15)24-13-5-21-22-6-13)25-14-7-23-27(10-14)9-11-1-3-12(19)4-2-11/h1-8,10H,9,19H2,(H,21,22)(H2,20,24,25,26). The summed E-state index contributed by atoms with van der Waals surface area (Å²) in [4.78, 5) is 8.59. The first kappa shape index (κ1) is 16.9. The van der Waals surface area contributed by atoms with Gasteiger partial charge in [0.25, 0.3) is 0 Å². The van der Waals surface area contributed by atoms with E-state index in [0.29, 0.717) is 23.3 Å². The van der Waals surface area contributed by atoms with E-state index in [1.54, 1.807) is 18.6 Å². The van der Waals surface area contributed by atoms with Crippen LogP contribution in [0.15, 0.2) is 55.2 Å². The van der Waals surface area contributed by atoms with Crippen LogP contribution in [0.2, 0.25) is 5.02 Å². The molecule has 0 aliphatic carbocycles. The Morgan fingerprint density at radius 2 is 1.93 bits per heavy atom. The molecule has 0 saturated heterocycles. The molecule has 4 rings (SSSR count). The largest absolute Gasteiger partial charge is 0.399 e. The molecule has 10 heteroatoms. The Morgan fingerprint density at radius 3 is 2.70 bits per heavy atom. The van der Waals surface area contributed by atoms with Crippen LogP contribution in [0.25, 0.3) is 0 Å². The van der Waals surface area contributed by atoms with Gasteiger partial charge in [0.2, 0.25) is 5.95 Å². The molecule has 136 valence electrons. The summed E-state index contributed by atoms with van der Waals surface area (Å²) in [5.74, 6) is 0.877. The zero-order valence-corrected chi connectivity index (χ0v) is 14.9. The van der Waals surface area contributed by atoms with Gasteiger partial charge in [-0.2, -0.15) is 15.2 Å². The third-order valence-corrected chi connectivity index (χ3v) is 4.00. The zero-order valence-electron chi connectivity index (χ0n) is 14.1. The lowest BCUT2D eigenvalue weighted by atomic mass is 10.2. The molecular formula is C17H16ClN9.